The summed E-state index contributed by atoms with van der Waals surface area (Å²) in [6, 6.07) is 12.9. The van der Waals surface area contributed by atoms with Crippen LogP contribution in [-0.2, 0) is 5.41 Å². The fraction of sp³-hybridized carbons (Fsp3) is 0.476. The number of nitrogens with zero attached hydrogens (tertiary/aromatic N) is 5. The summed E-state index contributed by atoms with van der Waals surface area (Å²) < 4.78 is 1.84. The van der Waals surface area contributed by atoms with Crippen LogP contribution < -0.4 is 10.2 Å². The van der Waals surface area contributed by atoms with Crippen molar-refractivity contribution in [2.75, 3.05) is 23.3 Å². The fourth-order valence-electron chi connectivity index (χ4n) is 3.60. The van der Waals surface area contributed by atoms with Gasteiger partial charge in [0.2, 0.25) is 0 Å². The molecule has 1 fully saturated rings. The van der Waals surface area contributed by atoms with Crippen molar-refractivity contribution in [3.63, 3.8) is 0 Å². The Kier molecular flexibility index (Phi) is 4.50. The lowest BCUT2D eigenvalue weighted by molar-refractivity contribution is 0.527. The molecule has 1 N–H and O–H groups in total. The number of hydrogen-bond acceptors (Lipinski definition) is 5. The summed E-state index contributed by atoms with van der Waals surface area (Å²) in [5.74, 6) is 1.69. The van der Waals surface area contributed by atoms with Gasteiger partial charge in [0.1, 0.15) is 5.82 Å². The lowest BCUT2D eigenvalue weighted by Crippen LogP contribution is -2.19. The Labute approximate surface area is 160 Å². The summed E-state index contributed by atoms with van der Waals surface area (Å²) >= 11 is 0. The molecule has 1 aliphatic rings. The van der Waals surface area contributed by atoms with Crippen LogP contribution in [0.4, 0.5) is 11.5 Å². The molecule has 27 heavy (non-hydrogen) atoms. The topological polar surface area (TPSA) is 58.4 Å². The minimum Gasteiger partial charge on any atom is -0.372 e. The van der Waals surface area contributed by atoms with Crippen molar-refractivity contribution in [2.24, 2.45) is 0 Å². The Balaban J connectivity index is 1.57. The predicted molar refractivity (Wildman–Crippen MR) is 109 cm³/mol. The van der Waals surface area contributed by atoms with E-state index >= 15 is 0 Å². The lowest BCUT2D eigenvalue weighted by atomic mass is 9.96. The molecule has 142 valence electrons. The van der Waals surface area contributed by atoms with Crippen molar-refractivity contribution in [2.45, 2.75) is 52.0 Å². The van der Waals surface area contributed by atoms with Gasteiger partial charge in [-0.25, -0.2) is 0 Å². The summed E-state index contributed by atoms with van der Waals surface area (Å²) in [6.45, 7) is 10.9. The molecular weight excluding hydrogens is 336 g/mol. The molecule has 3 heterocycles. The van der Waals surface area contributed by atoms with Crippen molar-refractivity contribution in [1.82, 2.24) is 19.8 Å². The van der Waals surface area contributed by atoms with Gasteiger partial charge in [-0.2, -0.15) is 4.52 Å². The van der Waals surface area contributed by atoms with Gasteiger partial charge >= 0.3 is 0 Å². The second kappa shape index (κ2) is 6.83. The first-order valence-corrected chi connectivity index (χ1v) is 9.76. The van der Waals surface area contributed by atoms with Crippen molar-refractivity contribution >= 4 is 17.2 Å². The molecule has 6 nitrogen and oxygen atoms in total. The Bertz CT molecular complexity index is 933. The molecule has 0 aliphatic carbocycles. The van der Waals surface area contributed by atoms with Crippen LogP contribution in [0.5, 0.6) is 0 Å². The van der Waals surface area contributed by atoms with Crippen molar-refractivity contribution in [3.8, 4) is 0 Å². The highest BCUT2D eigenvalue weighted by Crippen LogP contribution is 2.26. The SMILES string of the molecule is CC(Nc1ccc2nnc(C(C)(C)C)n2n1)c1cccc(N2CCCC2)c1. The quantitative estimate of drug-likeness (QED) is 0.752. The first-order chi connectivity index (χ1) is 12.9. The highest BCUT2D eigenvalue weighted by molar-refractivity contribution is 5.51. The smallest absolute Gasteiger partial charge is 0.178 e. The van der Waals surface area contributed by atoms with Gasteiger partial charge in [0.25, 0.3) is 0 Å². The van der Waals surface area contributed by atoms with E-state index in [1.807, 2.05) is 16.6 Å². The first-order valence-electron chi connectivity index (χ1n) is 9.76. The highest BCUT2D eigenvalue weighted by Gasteiger charge is 2.22. The maximum Gasteiger partial charge on any atom is 0.178 e. The number of nitrogens with one attached hydrogen (secondary N) is 1. The Morgan fingerprint density at radius 2 is 1.81 bits per heavy atom. The predicted octanol–water partition coefficient (Wildman–Crippen LogP) is 4.20. The summed E-state index contributed by atoms with van der Waals surface area (Å²) in [5, 5.41) is 16.8. The van der Waals surface area contributed by atoms with Crippen LogP contribution in [0.15, 0.2) is 36.4 Å². The number of anilines is 2. The minimum atomic E-state index is -0.110. The van der Waals surface area contributed by atoms with Gasteiger partial charge < -0.3 is 10.2 Å². The first kappa shape index (κ1) is 17.8. The lowest BCUT2D eigenvalue weighted by Gasteiger charge is -2.21. The van der Waals surface area contributed by atoms with E-state index in [1.165, 1.54) is 24.1 Å². The highest BCUT2D eigenvalue weighted by atomic mass is 15.4. The molecule has 0 radical (unpaired) electrons. The number of rotatable bonds is 4. The van der Waals surface area contributed by atoms with E-state index in [4.69, 9.17) is 5.10 Å². The molecule has 1 saturated heterocycles. The molecule has 1 aliphatic heterocycles. The van der Waals surface area contributed by atoms with E-state index in [-0.39, 0.29) is 11.5 Å². The summed E-state index contributed by atoms with van der Waals surface area (Å²) in [4.78, 5) is 2.47. The number of benzene rings is 1. The van der Waals surface area contributed by atoms with Gasteiger partial charge in [0.05, 0.1) is 6.04 Å². The molecule has 0 spiro atoms. The van der Waals surface area contributed by atoms with Gasteiger partial charge in [-0.15, -0.1) is 15.3 Å². The normalized spacial score (nSPS) is 16.1. The van der Waals surface area contributed by atoms with Crippen molar-refractivity contribution in [3.05, 3.63) is 47.8 Å². The largest absolute Gasteiger partial charge is 0.372 e. The van der Waals surface area contributed by atoms with Gasteiger partial charge in [0.15, 0.2) is 11.5 Å². The minimum absolute atomic E-state index is 0.110. The second-order valence-corrected chi connectivity index (χ2v) is 8.42. The van der Waals surface area contributed by atoms with Crippen LogP contribution in [0.1, 0.15) is 58.0 Å². The van der Waals surface area contributed by atoms with Crippen LogP contribution in [0.25, 0.3) is 5.65 Å². The molecule has 0 saturated carbocycles. The van der Waals surface area contributed by atoms with E-state index in [0.29, 0.717) is 0 Å². The molecule has 2 aromatic heterocycles. The summed E-state index contributed by atoms with van der Waals surface area (Å²) in [5.41, 5.74) is 3.24. The molecule has 1 aromatic carbocycles. The van der Waals surface area contributed by atoms with E-state index in [9.17, 15) is 0 Å². The number of fused-ring (bicyclic) bond motifs is 1. The Morgan fingerprint density at radius 1 is 1.04 bits per heavy atom. The second-order valence-electron chi connectivity index (χ2n) is 8.42. The zero-order chi connectivity index (χ0) is 19.0. The molecule has 3 aromatic rings. The monoisotopic (exact) mass is 364 g/mol. The maximum absolute atomic E-state index is 4.74. The van der Waals surface area contributed by atoms with E-state index in [2.05, 4.69) is 72.4 Å². The van der Waals surface area contributed by atoms with E-state index < -0.39 is 0 Å². The third kappa shape index (κ3) is 3.61. The zero-order valence-corrected chi connectivity index (χ0v) is 16.6. The maximum atomic E-state index is 4.74. The zero-order valence-electron chi connectivity index (χ0n) is 16.6. The molecule has 1 atom stereocenters. The molecular formula is C21H28N6. The van der Waals surface area contributed by atoms with Crippen molar-refractivity contribution in [1.29, 1.82) is 0 Å². The summed E-state index contributed by atoms with van der Waals surface area (Å²) in [6.07, 6.45) is 2.58. The Hall–Kier alpha value is -2.63. The van der Waals surface area contributed by atoms with Crippen LogP contribution in [0.3, 0.4) is 0 Å². The van der Waals surface area contributed by atoms with Crippen LogP contribution >= 0.6 is 0 Å². The third-order valence-corrected chi connectivity index (χ3v) is 5.14. The average Bonchev–Trinajstić information content (AvgIpc) is 3.31. The van der Waals surface area contributed by atoms with E-state index in [1.54, 1.807) is 0 Å². The van der Waals surface area contributed by atoms with Crippen LogP contribution in [0.2, 0.25) is 0 Å². The number of aromatic nitrogens is 4. The standard InChI is InChI=1S/C21H28N6/c1-15(16-8-7-9-17(14-16)26-12-5-6-13-26)22-18-10-11-19-23-24-20(21(2,3)4)27(19)25-18/h7-11,14-15H,5-6,12-13H2,1-4H3,(H,22,25). The molecule has 1 unspecified atom stereocenters. The number of hydrogen-bond donors (Lipinski definition) is 1. The van der Waals surface area contributed by atoms with Crippen LogP contribution in [-0.4, -0.2) is 32.9 Å². The van der Waals surface area contributed by atoms with Gasteiger partial charge in [-0.3, -0.25) is 0 Å². The third-order valence-electron chi connectivity index (χ3n) is 5.14. The van der Waals surface area contributed by atoms with E-state index in [0.717, 1.165) is 30.4 Å². The molecule has 6 heteroatoms. The molecule has 0 bridgehead atoms. The fourth-order valence-corrected chi connectivity index (χ4v) is 3.60. The Morgan fingerprint density at radius 3 is 2.56 bits per heavy atom. The van der Waals surface area contributed by atoms with Gasteiger partial charge in [-0.05, 0) is 49.6 Å². The van der Waals surface area contributed by atoms with Crippen molar-refractivity contribution < 1.29 is 0 Å². The molecule has 0 amide bonds. The summed E-state index contributed by atoms with van der Waals surface area (Å²) in [7, 11) is 0. The van der Waals surface area contributed by atoms with Gasteiger partial charge in [0, 0.05) is 24.2 Å². The van der Waals surface area contributed by atoms with Crippen LogP contribution in [0, 0.1) is 0 Å². The van der Waals surface area contributed by atoms with Gasteiger partial charge in [-0.1, -0.05) is 32.9 Å². The average molecular weight is 364 g/mol. The molecule has 4 rings (SSSR count).